The third-order valence-corrected chi connectivity index (χ3v) is 5.98. The number of carbonyl (C=O) groups is 2. The minimum atomic E-state index is -3.92. The summed E-state index contributed by atoms with van der Waals surface area (Å²) in [5.74, 6) is -0.615. The molecule has 0 atom stereocenters. The van der Waals surface area contributed by atoms with Crippen LogP contribution in [0, 0.1) is 0 Å². The van der Waals surface area contributed by atoms with Gasteiger partial charge in [0.15, 0.2) is 0 Å². The van der Waals surface area contributed by atoms with Crippen LogP contribution in [0.2, 0.25) is 5.02 Å². The fourth-order valence-corrected chi connectivity index (χ4v) is 4.24. The molecule has 1 heterocycles. The Kier molecular flexibility index (Phi) is 5.87. The molecule has 28 heavy (non-hydrogen) atoms. The molecule has 10 heteroatoms. The van der Waals surface area contributed by atoms with Crippen LogP contribution in [0.3, 0.4) is 0 Å². The number of halogens is 1. The van der Waals surface area contributed by atoms with Crippen molar-refractivity contribution in [1.82, 2.24) is 4.72 Å². The number of sulfonamides is 1. The average molecular weight is 425 g/mol. The van der Waals surface area contributed by atoms with Gasteiger partial charge in [0, 0.05) is 12.2 Å². The Morgan fingerprint density at radius 3 is 2.71 bits per heavy atom. The summed E-state index contributed by atoms with van der Waals surface area (Å²) in [6.45, 7) is 0.750. The Hall–Kier alpha value is -2.62. The minimum absolute atomic E-state index is 0.00581. The Morgan fingerprint density at radius 2 is 2.07 bits per heavy atom. The summed E-state index contributed by atoms with van der Waals surface area (Å²) in [6.07, 6.45) is -0.435. The zero-order valence-electron chi connectivity index (χ0n) is 14.8. The largest absolute Gasteiger partial charge is 0.465 e. The predicted octanol–water partition coefficient (Wildman–Crippen LogP) is 2.56. The van der Waals surface area contributed by atoms with Crippen LogP contribution in [0.1, 0.15) is 15.9 Å². The Balaban J connectivity index is 1.75. The van der Waals surface area contributed by atoms with E-state index in [9.17, 15) is 18.0 Å². The number of rotatable bonds is 6. The molecule has 1 amide bonds. The molecule has 0 saturated carbocycles. The van der Waals surface area contributed by atoms with Crippen LogP contribution < -0.4 is 9.62 Å². The molecule has 0 spiro atoms. The standard InChI is InChI=1S/C18H17ClN2O6S/c1-26-17(22)13-5-6-16(15(19)10-13)28(24,25)20-11-12-3-2-4-14(9-12)21-7-8-27-18(21)23/h2-6,9-10,20H,7-8,11H2,1H3. The second-order valence-electron chi connectivity index (χ2n) is 5.90. The van der Waals surface area contributed by atoms with E-state index in [-0.39, 0.29) is 22.0 Å². The number of cyclic esters (lactones) is 1. The Morgan fingerprint density at radius 1 is 1.29 bits per heavy atom. The molecular formula is C18H17ClN2O6S. The Labute approximate surface area is 167 Å². The molecule has 1 saturated heterocycles. The summed E-state index contributed by atoms with van der Waals surface area (Å²) in [6, 6.07) is 10.7. The normalized spacial score (nSPS) is 14.1. The van der Waals surface area contributed by atoms with E-state index in [1.807, 2.05) is 0 Å². The highest BCUT2D eigenvalue weighted by atomic mass is 35.5. The van der Waals surface area contributed by atoms with E-state index in [1.54, 1.807) is 24.3 Å². The molecule has 0 aliphatic carbocycles. The Bertz CT molecular complexity index is 1020. The number of carbonyl (C=O) groups excluding carboxylic acids is 2. The van der Waals surface area contributed by atoms with Crippen molar-refractivity contribution in [3.8, 4) is 0 Å². The van der Waals surface area contributed by atoms with Crippen molar-refractivity contribution in [3.05, 3.63) is 58.6 Å². The zero-order chi connectivity index (χ0) is 20.3. The maximum Gasteiger partial charge on any atom is 0.414 e. The first-order valence-electron chi connectivity index (χ1n) is 8.22. The highest BCUT2D eigenvalue weighted by Gasteiger charge is 2.24. The first-order chi connectivity index (χ1) is 13.3. The van der Waals surface area contributed by atoms with Gasteiger partial charge in [-0.05, 0) is 35.9 Å². The van der Waals surface area contributed by atoms with Gasteiger partial charge in [0.05, 0.1) is 24.2 Å². The maximum atomic E-state index is 12.6. The number of esters is 1. The number of anilines is 1. The van der Waals surface area contributed by atoms with Gasteiger partial charge in [-0.1, -0.05) is 23.7 Å². The number of nitrogens with zero attached hydrogens (tertiary/aromatic N) is 1. The van der Waals surface area contributed by atoms with Gasteiger partial charge in [0.25, 0.3) is 0 Å². The van der Waals surface area contributed by atoms with Crippen LogP contribution in [-0.4, -0.2) is 40.7 Å². The van der Waals surface area contributed by atoms with Crippen LogP contribution in [0.4, 0.5) is 10.5 Å². The molecule has 1 aliphatic rings. The minimum Gasteiger partial charge on any atom is -0.465 e. The van der Waals surface area contributed by atoms with E-state index in [0.717, 1.165) is 0 Å². The third-order valence-electron chi connectivity index (χ3n) is 4.09. The molecule has 0 unspecified atom stereocenters. The summed E-state index contributed by atoms with van der Waals surface area (Å²) >= 11 is 6.04. The number of methoxy groups -OCH3 is 1. The molecule has 2 aromatic carbocycles. The van der Waals surface area contributed by atoms with Gasteiger partial charge in [-0.15, -0.1) is 0 Å². The lowest BCUT2D eigenvalue weighted by atomic mass is 10.2. The number of benzene rings is 2. The van der Waals surface area contributed by atoms with Crippen molar-refractivity contribution in [1.29, 1.82) is 0 Å². The van der Waals surface area contributed by atoms with Crippen molar-refractivity contribution in [2.75, 3.05) is 25.2 Å². The van der Waals surface area contributed by atoms with Gasteiger partial charge in [0.1, 0.15) is 11.5 Å². The molecule has 0 radical (unpaired) electrons. The van der Waals surface area contributed by atoms with Gasteiger partial charge in [-0.2, -0.15) is 0 Å². The second-order valence-corrected chi connectivity index (χ2v) is 8.04. The SMILES string of the molecule is COC(=O)c1ccc(S(=O)(=O)NCc2cccc(N3CCOC3=O)c2)c(Cl)c1. The smallest absolute Gasteiger partial charge is 0.414 e. The van der Waals surface area contributed by atoms with Crippen molar-refractivity contribution in [3.63, 3.8) is 0 Å². The summed E-state index contributed by atoms with van der Waals surface area (Å²) in [5.41, 5.74) is 1.43. The van der Waals surface area contributed by atoms with E-state index < -0.39 is 22.1 Å². The number of hydrogen-bond donors (Lipinski definition) is 1. The van der Waals surface area contributed by atoms with Crippen LogP contribution >= 0.6 is 11.6 Å². The highest BCUT2D eigenvalue weighted by Crippen LogP contribution is 2.24. The quantitative estimate of drug-likeness (QED) is 0.715. The molecular weight excluding hydrogens is 408 g/mol. The van der Waals surface area contributed by atoms with E-state index in [2.05, 4.69) is 9.46 Å². The number of amides is 1. The molecule has 1 aliphatic heterocycles. The molecule has 148 valence electrons. The highest BCUT2D eigenvalue weighted by molar-refractivity contribution is 7.89. The average Bonchev–Trinajstić information content (AvgIpc) is 3.11. The molecule has 1 fully saturated rings. The lowest BCUT2D eigenvalue weighted by molar-refractivity contribution is 0.0600. The summed E-state index contributed by atoms with van der Waals surface area (Å²) < 4.78 is 37.1. The van der Waals surface area contributed by atoms with Gasteiger partial charge >= 0.3 is 12.1 Å². The van der Waals surface area contributed by atoms with Crippen molar-refractivity contribution >= 4 is 39.4 Å². The summed E-state index contributed by atoms with van der Waals surface area (Å²) in [7, 11) is -2.70. The van der Waals surface area contributed by atoms with Crippen LogP contribution in [0.5, 0.6) is 0 Å². The lowest BCUT2D eigenvalue weighted by Crippen LogP contribution is -2.25. The molecule has 0 aromatic heterocycles. The zero-order valence-corrected chi connectivity index (χ0v) is 16.4. The van der Waals surface area contributed by atoms with E-state index in [0.29, 0.717) is 24.4 Å². The summed E-state index contributed by atoms with van der Waals surface area (Å²) in [5, 5.41) is -0.0936. The van der Waals surface area contributed by atoms with E-state index in [1.165, 1.54) is 30.2 Å². The number of hydrogen-bond acceptors (Lipinski definition) is 6. The molecule has 0 bridgehead atoms. The van der Waals surface area contributed by atoms with Crippen LogP contribution in [0.15, 0.2) is 47.4 Å². The topological polar surface area (TPSA) is 102 Å². The monoisotopic (exact) mass is 424 g/mol. The molecule has 3 rings (SSSR count). The third kappa shape index (κ3) is 4.27. The van der Waals surface area contributed by atoms with Crippen molar-refractivity contribution < 1.29 is 27.5 Å². The van der Waals surface area contributed by atoms with Crippen molar-refractivity contribution in [2.24, 2.45) is 0 Å². The van der Waals surface area contributed by atoms with Crippen molar-refractivity contribution in [2.45, 2.75) is 11.4 Å². The summed E-state index contributed by atoms with van der Waals surface area (Å²) in [4.78, 5) is 24.5. The van der Waals surface area contributed by atoms with E-state index in [4.69, 9.17) is 16.3 Å². The fraction of sp³-hybridized carbons (Fsp3) is 0.222. The molecule has 8 nitrogen and oxygen atoms in total. The van der Waals surface area contributed by atoms with Gasteiger partial charge in [-0.3, -0.25) is 4.90 Å². The second kappa shape index (κ2) is 8.17. The fourth-order valence-electron chi connectivity index (χ4n) is 2.68. The first kappa shape index (κ1) is 20.1. The van der Waals surface area contributed by atoms with Gasteiger partial charge in [0.2, 0.25) is 10.0 Å². The first-order valence-corrected chi connectivity index (χ1v) is 10.1. The van der Waals surface area contributed by atoms with E-state index >= 15 is 0 Å². The van der Waals surface area contributed by atoms with Crippen LogP contribution in [-0.2, 0) is 26.0 Å². The maximum absolute atomic E-state index is 12.6. The lowest BCUT2D eigenvalue weighted by Gasteiger charge is -2.14. The van der Waals surface area contributed by atoms with Crippen LogP contribution in [0.25, 0.3) is 0 Å². The molecule has 1 N–H and O–H groups in total. The van der Waals surface area contributed by atoms with Gasteiger partial charge < -0.3 is 9.47 Å². The number of nitrogens with one attached hydrogen (secondary N) is 1. The molecule has 2 aromatic rings. The number of ether oxygens (including phenoxy) is 2. The van der Waals surface area contributed by atoms with Gasteiger partial charge in [-0.25, -0.2) is 22.7 Å². The predicted molar refractivity (Wildman–Crippen MR) is 102 cm³/mol.